The average Bonchev–Trinajstić information content (AvgIpc) is 2.82. The van der Waals surface area contributed by atoms with Gasteiger partial charge in [-0.1, -0.05) is 12.1 Å². The normalized spacial score (nSPS) is 10.6. The summed E-state index contributed by atoms with van der Waals surface area (Å²) in [5.41, 5.74) is 2.42. The number of halogens is 1. The average molecular weight is 337 g/mol. The number of hydrogen-bond donors (Lipinski definition) is 2. The van der Waals surface area contributed by atoms with E-state index < -0.39 is 0 Å². The van der Waals surface area contributed by atoms with Crippen LogP contribution in [0.4, 0.5) is 5.69 Å². The molecule has 0 bridgehead atoms. The number of aromatic nitrogens is 1. The van der Waals surface area contributed by atoms with Crippen molar-refractivity contribution >= 4 is 27.5 Å². The first-order chi connectivity index (χ1) is 9.63. The van der Waals surface area contributed by atoms with Crippen molar-refractivity contribution < 1.29 is 9.90 Å². The Balaban J connectivity index is 2.10. The molecule has 0 saturated carbocycles. The van der Waals surface area contributed by atoms with Gasteiger partial charge in [0.1, 0.15) is 5.69 Å². The summed E-state index contributed by atoms with van der Waals surface area (Å²) < 4.78 is 2.78. The highest BCUT2D eigenvalue weighted by Crippen LogP contribution is 2.17. The third-order valence-electron chi connectivity index (χ3n) is 3.05. The fourth-order valence-electron chi connectivity index (χ4n) is 2.01. The molecule has 0 aliphatic rings. The molecule has 0 radical (unpaired) electrons. The number of hydrogen-bond acceptors (Lipinski definition) is 2. The minimum Gasteiger partial charge on any atom is -0.396 e. The highest BCUT2D eigenvalue weighted by Gasteiger charge is 2.12. The van der Waals surface area contributed by atoms with Gasteiger partial charge in [-0.2, -0.15) is 0 Å². The molecule has 0 unspecified atom stereocenters. The number of aliphatic hydroxyl groups is 1. The summed E-state index contributed by atoms with van der Waals surface area (Å²) in [6.07, 6.45) is 2.51. The Labute approximate surface area is 126 Å². The van der Waals surface area contributed by atoms with Gasteiger partial charge < -0.3 is 15.0 Å². The molecular formula is C15H17BrN2O2. The Morgan fingerprint density at radius 3 is 2.65 bits per heavy atom. The number of nitrogens with zero attached hydrogens (tertiary/aromatic N) is 1. The number of aryl methyl sites for hydroxylation is 1. The van der Waals surface area contributed by atoms with E-state index in [0.717, 1.165) is 22.3 Å². The van der Waals surface area contributed by atoms with Crippen molar-refractivity contribution in [2.24, 2.45) is 0 Å². The van der Waals surface area contributed by atoms with Gasteiger partial charge in [0.2, 0.25) is 0 Å². The lowest BCUT2D eigenvalue weighted by Gasteiger charge is -2.08. The molecule has 0 aliphatic heterocycles. The van der Waals surface area contributed by atoms with Crippen molar-refractivity contribution in [1.29, 1.82) is 0 Å². The molecular weight excluding hydrogens is 320 g/mol. The molecule has 4 nitrogen and oxygen atoms in total. The fraction of sp³-hybridized carbons (Fsp3) is 0.267. The standard InChI is InChI=1S/C15H17BrN2O2/c1-2-18-10-12(16)9-14(18)15(20)17-13-5-3-11(4-6-13)7-8-19/h3-6,9-10,19H,2,7-8H2,1H3,(H,17,20). The van der Waals surface area contributed by atoms with Crippen molar-refractivity contribution in [3.05, 3.63) is 52.3 Å². The zero-order chi connectivity index (χ0) is 14.5. The van der Waals surface area contributed by atoms with Crippen LogP contribution < -0.4 is 5.32 Å². The molecule has 1 heterocycles. The van der Waals surface area contributed by atoms with Gasteiger partial charge in [0.15, 0.2) is 0 Å². The molecule has 1 aromatic carbocycles. The van der Waals surface area contributed by atoms with E-state index in [0.29, 0.717) is 12.1 Å². The summed E-state index contributed by atoms with van der Waals surface area (Å²) in [6.45, 7) is 2.86. The van der Waals surface area contributed by atoms with Crippen molar-refractivity contribution in [2.75, 3.05) is 11.9 Å². The van der Waals surface area contributed by atoms with Crippen LogP contribution in [-0.2, 0) is 13.0 Å². The summed E-state index contributed by atoms with van der Waals surface area (Å²) in [7, 11) is 0. The maximum absolute atomic E-state index is 12.2. The Morgan fingerprint density at radius 1 is 1.35 bits per heavy atom. The predicted molar refractivity (Wildman–Crippen MR) is 83.0 cm³/mol. The lowest BCUT2D eigenvalue weighted by Crippen LogP contribution is -2.16. The van der Waals surface area contributed by atoms with Crippen molar-refractivity contribution in [2.45, 2.75) is 19.9 Å². The third-order valence-corrected chi connectivity index (χ3v) is 3.48. The number of benzene rings is 1. The van der Waals surface area contributed by atoms with Crippen molar-refractivity contribution in [3.8, 4) is 0 Å². The first kappa shape index (κ1) is 14.8. The number of carbonyl (C=O) groups excluding carboxylic acids is 1. The van der Waals surface area contributed by atoms with Crippen molar-refractivity contribution in [3.63, 3.8) is 0 Å². The molecule has 0 aliphatic carbocycles. The van der Waals surface area contributed by atoms with Gasteiger partial charge in [-0.25, -0.2) is 0 Å². The molecule has 106 valence electrons. The van der Waals surface area contributed by atoms with Crippen LogP contribution in [-0.4, -0.2) is 22.2 Å². The van der Waals surface area contributed by atoms with Crippen LogP contribution in [0.3, 0.4) is 0 Å². The number of amides is 1. The minimum atomic E-state index is -0.132. The first-order valence-corrected chi connectivity index (χ1v) is 7.30. The molecule has 2 N–H and O–H groups in total. The van der Waals surface area contributed by atoms with E-state index in [4.69, 9.17) is 5.11 Å². The number of rotatable bonds is 5. The van der Waals surface area contributed by atoms with Crippen LogP contribution in [0.2, 0.25) is 0 Å². The quantitative estimate of drug-likeness (QED) is 0.881. The number of aliphatic hydroxyl groups excluding tert-OH is 1. The summed E-state index contributed by atoms with van der Waals surface area (Å²) >= 11 is 3.38. The van der Waals surface area contributed by atoms with E-state index in [9.17, 15) is 4.79 Å². The molecule has 0 fully saturated rings. The summed E-state index contributed by atoms with van der Waals surface area (Å²) in [6, 6.07) is 9.30. The summed E-state index contributed by atoms with van der Waals surface area (Å²) in [5.74, 6) is -0.132. The van der Waals surface area contributed by atoms with Gasteiger partial charge >= 0.3 is 0 Å². The molecule has 1 aromatic heterocycles. The smallest absolute Gasteiger partial charge is 0.272 e. The highest BCUT2D eigenvalue weighted by molar-refractivity contribution is 9.10. The zero-order valence-corrected chi connectivity index (χ0v) is 12.9. The first-order valence-electron chi connectivity index (χ1n) is 6.51. The van der Waals surface area contributed by atoms with Gasteiger partial charge in [-0.05, 0) is 53.0 Å². The lowest BCUT2D eigenvalue weighted by atomic mass is 10.1. The Bertz CT molecular complexity index is 590. The second-order valence-electron chi connectivity index (χ2n) is 4.45. The Kier molecular flexibility index (Phi) is 4.98. The molecule has 2 aromatic rings. The number of anilines is 1. The van der Waals surface area contributed by atoms with E-state index >= 15 is 0 Å². The molecule has 0 spiro atoms. The molecule has 0 atom stereocenters. The molecule has 5 heteroatoms. The second-order valence-corrected chi connectivity index (χ2v) is 5.37. The number of nitrogens with one attached hydrogen (secondary N) is 1. The van der Waals surface area contributed by atoms with Crippen molar-refractivity contribution in [1.82, 2.24) is 4.57 Å². The fourth-order valence-corrected chi connectivity index (χ4v) is 2.47. The largest absolute Gasteiger partial charge is 0.396 e. The van der Waals surface area contributed by atoms with Gasteiger partial charge in [0.05, 0.1) is 0 Å². The third kappa shape index (κ3) is 3.49. The Hall–Kier alpha value is -1.59. The molecule has 0 saturated heterocycles. The lowest BCUT2D eigenvalue weighted by molar-refractivity contribution is 0.101. The van der Waals surface area contributed by atoms with Gasteiger partial charge in [0, 0.05) is 29.5 Å². The number of carbonyl (C=O) groups is 1. The van der Waals surface area contributed by atoms with Gasteiger partial charge in [0.25, 0.3) is 5.91 Å². The topological polar surface area (TPSA) is 54.3 Å². The van der Waals surface area contributed by atoms with E-state index in [1.54, 1.807) is 6.07 Å². The maximum Gasteiger partial charge on any atom is 0.272 e. The molecule has 2 rings (SSSR count). The van der Waals surface area contributed by atoms with Crippen LogP contribution in [0.25, 0.3) is 0 Å². The van der Waals surface area contributed by atoms with E-state index in [-0.39, 0.29) is 12.5 Å². The van der Waals surface area contributed by atoms with Crippen LogP contribution in [0.1, 0.15) is 23.0 Å². The minimum absolute atomic E-state index is 0.129. The second kappa shape index (κ2) is 6.72. The Morgan fingerprint density at radius 2 is 2.05 bits per heavy atom. The van der Waals surface area contributed by atoms with Crippen LogP contribution in [0.5, 0.6) is 0 Å². The molecule has 1 amide bonds. The maximum atomic E-state index is 12.2. The van der Waals surface area contributed by atoms with Crippen LogP contribution in [0.15, 0.2) is 41.0 Å². The van der Waals surface area contributed by atoms with E-state index in [1.807, 2.05) is 42.0 Å². The van der Waals surface area contributed by atoms with E-state index in [2.05, 4.69) is 21.2 Å². The monoisotopic (exact) mass is 336 g/mol. The van der Waals surface area contributed by atoms with E-state index in [1.165, 1.54) is 0 Å². The van der Waals surface area contributed by atoms with Gasteiger partial charge in [-0.3, -0.25) is 4.79 Å². The molecule has 20 heavy (non-hydrogen) atoms. The van der Waals surface area contributed by atoms with Crippen LogP contribution in [0, 0.1) is 0 Å². The predicted octanol–water partition coefficient (Wildman–Crippen LogP) is 3.06. The SMILES string of the molecule is CCn1cc(Br)cc1C(=O)Nc1ccc(CCO)cc1. The highest BCUT2D eigenvalue weighted by atomic mass is 79.9. The zero-order valence-electron chi connectivity index (χ0n) is 11.3. The summed E-state index contributed by atoms with van der Waals surface area (Å²) in [5, 5.41) is 11.7. The van der Waals surface area contributed by atoms with Crippen LogP contribution >= 0.6 is 15.9 Å². The summed E-state index contributed by atoms with van der Waals surface area (Å²) in [4.78, 5) is 12.2. The van der Waals surface area contributed by atoms with Gasteiger partial charge in [-0.15, -0.1) is 0 Å².